The van der Waals surface area contributed by atoms with E-state index in [0.29, 0.717) is 5.66 Å². The lowest BCUT2D eigenvalue weighted by Gasteiger charge is -2.28. The molecule has 0 nitrogen and oxygen atoms in total. The topological polar surface area (TPSA) is 0 Å². The molecule has 0 aliphatic heterocycles. The fourth-order valence-electron chi connectivity index (χ4n) is 2.98. The van der Waals surface area contributed by atoms with Crippen molar-refractivity contribution >= 4 is 18.5 Å². The van der Waals surface area contributed by atoms with Crippen LogP contribution in [0.3, 0.4) is 0 Å². The Labute approximate surface area is 129 Å². The summed E-state index contributed by atoms with van der Waals surface area (Å²) in [4.78, 5) is 0. The molecule has 2 aromatic carbocycles. The van der Waals surface area contributed by atoms with E-state index in [-0.39, 0.29) is 7.92 Å². The summed E-state index contributed by atoms with van der Waals surface area (Å²) in [7, 11) is -0.345. The molecule has 1 atom stereocenters. The first-order valence-electron chi connectivity index (χ1n) is 7.66. The van der Waals surface area contributed by atoms with Crippen LogP contribution < -0.4 is 10.6 Å². The first kappa shape index (κ1) is 14.3. The van der Waals surface area contributed by atoms with Crippen molar-refractivity contribution in [3.05, 3.63) is 84.5 Å². The Kier molecular flexibility index (Phi) is 4.68. The van der Waals surface area contributed by atoms with Gasteiger partial charge in [-0.3, -0.25) is 0 Å². The van der Waals surface area contributed by atoms with Gasteiger partial charge in [0.1, 0.15) is 0 Å². The molecule has 1 aliphatic rings. The lowest BCUT2D eigenvalue weighted by Crippen LogP contribution is -2.22. The van der Waals surface area contributed by atoms with E-state index >= 15 is 0 Å². The number of benzene rings is 2. The van der Waals surface area contributed by atoms with Crippen LogP contribution >= 0.6 is 7.92 Å². The summed E-state index contributed by atoms with van der Waals surface area (Å²) in [5.41, 5.74) is 2.14. The van der Waals surface area contributed by atoms with E-state index in [9.17, 15) is 0 Å². The summed E-state index contributed by atoms with van der Waals surface area (Å²) >= 11 is 0. The molecule has 0 aromatic heterocycles. The van der Waals surface area contributed by atoms with Gasteiger partial charge in [-0.05, 0) is 36.9 Å². The predicted molar refractivity (Wildman–Crippen MR) is 95.0 cm³/mol. The maximum Gasteiger partial charge on any atom is 0.0116 e. The summed E-state index contributed by atoms with van der Waals surface area (Å²) in [6.07, 6.45) is 9.29. The normalized spacial score (nSPS) is 15.2. The molecule has 0 spiro atoms. The lowest BCUT2D eigenvalue weighted by molar-refractivity contribution is 0.939. The minimum absolute atomic E-state index is 0.345. The van der Waals surface area contributed by atoms with Crippen molar-refractivity contribution in [3.8, 4) is 0 Å². The molecule has 0 bridgehead atoms. The van der Waals surface area contributed by atoms with Crippen molar-refractivity contribution in [1.82, 2.24) is 0 Å². The molecule has 0 N–H and O–H groups in total. The number of rotatable bonds is 5. The highest BCUT2D eigenvalue weighted by atomic mass is 31.1. The Hall–Kier alpha value is -1.65. The van der Waals surface area contributed by atoms with Crippen LogP contribution in [0.25, 0.3) is 0 Å². The van der Waals surface area contributed by atoms with Crippen LogP contribution in [0.1, 0.15) is 19.8 Å². The molecule has 3 rings (SSSR count). The van der Waals surface area contributed by atoms with Gasteiger partial charge in [0, 0.05) is 5.66 Å². The molecule has 2 aromatic rings. The highest BCUT2D eigenvalue weighted by Crippen LogP contribution is 2.45. The van der Waals surface area contributed by atoms with Gasteiger partial charge in [0.05, 0.1) is 0 Å². The molecule has 0 saturated heterocycles. The first-order chi connectivity index (χ1) is 10.4. The van der Waals surface area contributed by atoms with Crippen LogP contribution in [0.2, 0.25) is 0 Å². The minimum atomic E-state index is -0.345. The Morgan fingerprint density at radius 3 is 1.90 bits per heavy atom. The smallest absolute Gasteiger partial charge is 0.0116 e. The molecule has 0 heterocycles. The first-order valence-corrected chi connectivity index (χ1v) is 9.07. The van der Waals surface area contributed by atoms with Crippen molar-refractivity contribution in [3.63, 3.8) is 0 Å². The van der Waals surface area contributed by atoms with Gasteiger partial charge in [-0.15, -0.1) is 0 Å². The minimum Gasteiger partial charge on any atom is -0.0804 e. The lowest BCUT2D eigenvalue weighted by atomic mass is 10.1. The van der Waals surface area contributed by atoms with Gasteiger partial charge in [0.25, 0.3) is 0 Å². The second-order valence-corrected chi connectivity index (χ2v) is 7.70. The molecule has 21 heavy (non-hydrogen) atoms. The molecule has 0 saturated carbocycles. The molecule has 0 fully saturated rings. The van der Waals surface area contributed by atoms with Gasteiger partial charge in [0.15, 0.2) is 0 Å². The highest BCUT2D eigenvalue weighted by Gasteiger charge is 2.25. The van der Waals surface area contributed by atoms with Gasteiger partial charge in [-0.2, -0.15) is 0 Å². The maximum absolute atomic E-state index is 2.40. The molecule has 1 aliphatic carbocycles. The zero-order valence-electron chi connectivity index (χ0n) is 12.4. The largest absolute Gasteiger partial charge is 0.0804 e. The van der Waals surface area contributed by atoms with E-state index < -0.39 is 0 Å². The van der Waals surface area contributed by atoms with E-state index in [1.807, 2.05) is 0 Å². The summed E-state index contributed by atoms with van der Waals surface area (Å²) in [6.45, 7) is 2.32. The third kappa shape index (κ3) is 3.17. The Balaban J connectivity index is 2.05. The van der Waals surface area contributed by atoms with E-state index in [0.717, 1.165) is 6.42 Å². The molecule has 1 heteroatoms. The Morgan fingerprint density at radius 2 is 1.48 bits per heavy atom. The third-order valence-electron chi connectivity index (χ3n) is 3.95. The molecule has 1 unspecified atom stereocenters. The Morgan fingerprint density at radius 1 is 0.905 bits per heavy atom. The molecular weight excluding hydrogens is 271 g/mol. The fraction of sp³-hybridized carbons (Fsp3) is 0.200. The number of hydrogen-bond donors (Lipinski definition) is 0. The van der Waals surface area contributed by atoms with Gasteiger partial charge < -0.3 is 0 Å². The third-order valence-corrected chi connectivity index (χ3v) is 6.95. The van der Waals surface area contributed by atoms with Gasteiger partial charge in [-0.1, -0.05) is 85.8 Å². The summed E-state index contributed by atoms with van der Waals surface area (Å²) in [5.74, 6) is 0. The number of hydrogen-bond acceptors (Lipinski definition) is 0. The zero-order valence-corrected chi connectivity index (χ0v) is 13.3. The van der Waals surface area contributed by atoms with Crippen molar-refractivity contribution in [1.29, 1.82) is 0 Å². The number of allylic oxidation sites excluding steroid dienone is 4. The van der Waals surface area contributed by atoms with E-state index in [1.165, 1.54) is 22.6 Å². The average Bonchev–Trinajstić information content (AvgIpc) is 3.08. The van der Waals surface area contributed by atoms with Crippen molar-refractivity contribution in [2.45, 2.75) is 25.4 Å². The van der Waals surface area contributed by atoms with Crippen molar-refractivity contribution in [2.75, 3.05) is 0 Å². The van der Waals surface area contributed by atoms with Crippen LogP contribution in [0.5, 0.6) is 0 Å². The molecular formula is C20H21P. The Bertz CT molecular complexity index is 586. The van der Waals surface area contributed by atoms with E-state index in [1.54, 1.807) is 0 Å². The van der Waals surface area contributed by atoms with Crippen LogP contribution in [0.15, 0.2) is 84.5 Å². The summed E-state index contributed by atoms with van der Waals surface area (Å²) < 4.78 is 0. The predicted octanol–water partition coefficient (Wildman–Crippen LogP) is 4.78. The maximum atomic E-state index is 2.40. The van der Waals surface area contributed by atoms with Crippen molar-refractivity contribution < 1.29 is 0 Å². The second kappa shape index (κ2) is 6.87. The van der Waals surface area contributed by atoms with Crippen LogP contribution in [-0.2, 0) is 0 Å². The zero-order chi connectivity index (χ0) is 14.5. The fourth-order valence-corrected chi connectivity index (χ4v) is 5.84. The monoisotopic (exact) mass is 292 g/mol. The molecule has 106 valence electrons. The standard InChI is InChI=1S/C20H21P/c1-2-20(17-11-9-10-12-17)21(18-13-5-3-6-14-18)19-15-7-4-8-16-19/h3-9,11-16,20H,2,10H2,1H3. The van der Waals surface area contributed by atoms with E-state index in [2.05, 4.69) is 85.8 Å². The van der Waals surface area contributed by atoms with Crippen LogP contribution in [-0.4, -0.2) is 5.66 Å². The van der Waals surface area contributed by atoms with Gasteiger partial charge in [-0.25, -0.2) is 0 Å². The summed E-state index contributed by atoms with van der Waals surface area (Å²) in [5, 5.41) is 2.96. The summed E-state index contributed by atoms with van der Waals surface area (Å²) in [6, 6.07) is 22.1. The highest BCUT2D eigenvalue weighted by molar-refractivity contribution is 7.73. The quantitative estimate of drug-likeness (QED) is 0.695. The van der Waals surface area contributed by atoms with Gasteiger partial charge >= 0.3 is 0 Å². The van der Waals surface area contributed by atoms with Crippen LogP contribution in [0, 0.1) is 0 Å². The average molecular weight is 292 g/mol. The second-order valence-electron chi connectivity index (χ2n) is 5.31. The molecule has 0 amide bonds. The van der Waals surface area contributed by atoms with Crippen LogP contribution in [0.4, 0.5) is 0 Å². The van der Waals surface area contributed by atoms with Crippen molar-refractivity contribution in [2.24, 2.45) is 0 Å². The molecule has 0 radical (unpaired) electrons. The SMILES string of the molecule is CCC(C1=CCC=C1)P(c1ccccc1)c1ccccc1. The van der Waals surface area contributed by atoms with E-state index in [4.69, 9.17) is 0 Å². The van der Waals surface area contributed by atoms with Gasteiger partial charge in [0.2, 0.25) is 0 Å².